The minimum Gasteiger partial charge on any atom is -0.465 e. The molecule has 0 radical (unpaired) electrons. The number of esters is 1. The van der Waals surface area contributed by atoms with Gasteiger partial charge in [0.15, 0.2) is 0 Å². The van der Waals surface area contributed by atoms with Gasteiger partial charge in [0.05, 0.1) is 18.6 Å². The normalized spacial score (nSPS) is 15.4. The zero-order valence-electron chi connectivity index (χ0n) is 13.8. The molecule has 3 nitrogen and oxygen atoms in total. The highest BCUT2D eigenvalue weighted by atomic mass is 16.5. The molecule has 114 valence electrons. The van der Waals surface area contributed by atoms with Crippen molar-refractivity contribution in [1.82, 2.24) is 0 Å². The topological polar surface area (TPSA) is 35.5 Å². The maximum absolute atomic E-state index is 12.6. The Bertz CT molecular complexity index is 271. The highest BCUT2D eigenvalue weighted by molar-refractivity contribution is 5.78. The molecule has 0 aromatic carbocycles. The first-order valence-corrected chi connectivity index (χ1v) is 7.52. The molecule has 0 saturated carbocycles. The molecule has 0 N–H and O–H groups in total. The molecule has 3 heteroatoms. The van der Waals surface area contributed by atoms with Gasteiger partial charge < -0.3 is 9.47 Å². The number of rotatable bonds is 9. The van der Waals surface area contributed by atoms with Crippen molar-refractivity contribution in [3.05, 3.63) is 0 Å². The Kier molecular flexibility index (Phi) is 7.65. The molecule has 0 heterocycles. The highest BCUT2D eigenvalue weighted by Crippen LogP contribution is 2.47. The fourth-order valence-corrected chi connectivity index (χ4v) is 2.53. The lowest BCUT2D eigenvalue weighted by Crippen LogP contribution is -2.49. The Morgan fingerprint density at radius 3 is 2.05 bits per heavy atom. The van der Waals surface area contributed by atoms with E-state index < -0.39 is 5.41 Å². The molecule has 0 amide bonds. The molecular formula is C16H32O3. The van der Waals surface area contributed by atoms with Crippen molar-refractivity contribution in [2.24, 2.45) is 16.7 Å². The molecule has 0 bridgehead atoms. The molecule has 0 aliphatic carbocycles. The first-order chi connectivity index (χ1) is 8.77. The van der Waals surface area contributed by atoms with Gasteiger partial charge in [0, 0.05) is 6.61 Å². The summed E-state index contributed by atoms with van der Waals surface area (Å²) in [4.78, 5) is 12.6. The smallest absolute Gasteiger partial charge is 0.314 e. The Morgan fingerprint density at radius 2 is 1.68 bits per heavy atom. The van der Waals surface area contributed by atoms with Crippen molar-refractivity contribution in [2.45, 2.75) is 61.3 Å². The summed E-state index contributed by atoms with van der Waals surface area (Å²) in [5.41, 5.74) is -0.694. The van der Waals surface area contributed by atoms with Gasteiger partial charge in [0.25, 0.3) is 0 Å². The SMILES string of the molecule is CCOCC(CC(C)C)(C(=O)OCC)C(C)(C)CC. The number of ether oxygens (including phenoxy) is 2. The molecule has 0 aliphatic rings. The largest absolute Gasteiger partial charge is 0.465 e. The van der Waals surface area contributed by atoms with Crippen molar-refractivity contribution >= 4 is 5.97 Å². The first-order valence-electron chi connectivity index (χ1n) is 7.52. The van der Waals surface area contributed by atoms with Gasteiger partial charge in [-0.25, -0.2) is 0 Å². The van der Waals surface area contributed by atoms with Crippen molar-refractivity contribution < 1.29 is 14.3 Å². The molecule has 1 unspecified atom stereocenters. The predicted octanol–water partition coefficient (Wildman–Crippen LogP) is 4.05. The van der Waals surface area contributed by atoms with Crippen molar-refractivity contribution in [3.63, 3.8) is 0 Å². The molecule has 19 heavy (non-hydrogen) atoms. The van der Waals surface area contributed by atoms with Crippen molar-refractivity contribution in [3.8, 4) is 0 Å². The molecular weight excluding hydrogens is 240 g/mol. The van der Waals surface area contributed by atoms with E-state index in [1.165, 1.54) is 0 Å². The van der Waals surface area contributed by atoms with Gasteiger partial charge in [-0.1, -0.05) is 34.6 Å². The first kappa shape index (κ1) is 18.4. The fourth-order valence-electron chi connectivity index (χ4n) is 2.53. The van der Waals surface area contributed by atoms with E-state index in [4.69, 9.17) is 9.47 Å². The van der Waals surface area contributed by atoms with Gasteiger partial charge in [0.2, 0.25) is 0 Å². The number of hydrogen-bond donors (Lipinski definition) is 0. The van der Waals surface area contributed by atoms with Crippen molar-refractivity contribution in [1.29, 1.82) is 0 Å². The third-order valence-electron chi connectivity index (χ3n) is 4.15. The van der Waals surface area contributed by atoms with Crippen LogP contribution in [-0.2, 0) is 14.3 Å². The van der Waals surface area contributed by atoms with Crippen LogP contribution < -0.4 is 0 Å². The Labute approximate surface area is 119 Å². The monoisotopic (exact) mass is 272 g/mol. The van der Waals surface area contributed by atoms with Crippen LogP contribution in [0.15, 0.2) is 0 Å². The molecule has 0 aliphatic heterocycles. The minimum absolute atomic E-state index is 0.107. The van der Waals surface area contributed by atoms with Crippen LogP contribution in [0.2, 0.25) is 0 Å². The molecule has 0 aromatic heterocycles. The predicted molar refractivity (Wildman–Crippen MR) is 79.1 cm³/mol. The molecule has 0 fully saturated rings. The lowest BCUT2D eigenvalue weighted by molar-refractivity contribution is -0.173. The number of carbonyl (C=O) groups is 1. The second-order valence-electron chi connectivity index (χ2n) is 6.28. The van der Waals surface area contributed by atoms with E-state index >= 15 is 0 Å². The Hall–Kier alpha value is -0.570. The maximum atomic E-state index is 12.6. The van der Waals surface area contributed by atoms with E-state index in [-0.39, 0.29) is 11.4 Å². The van der Waals surface area contributed by atoms with E-state index in [2.05, 4.69) is 34.6 Å². The number of carbonyl (C=O) groups excluding carboxylic acids is 1. The van der Waals surface area contributed by atoms with Crippen LogP contribution >= 0.6 is 0 Å². The van der Waals surface area contributed by atoms with E-state index in [0.29, 0.717) is 25.7 Å². The van der Waals surface area contributed by atoms with Gasteiger partial charge in [-0.2, -0.15) is 0 Å². The lowest BCUT2D eigenvalue weighted by Gasteiger charge is -2.45. The molecule has 0 rings (SSSR count). The van der Waals surface area contributed by atoms with Gasteiger partial charge in [-0.15, -0.1) is 0 Å². The van der Waals surface area contributed by atoms with Crippen LogP contribution in [0.25, 0.3) is 0 Å². The van der Waals surface area contributed by atoms with Crippen LogP contribution in [0, 0.1) is 16.7 Å². The minimum atomic E-state index is -0.554. The van der Waals surface area contributed by atoms with Crippen LogP contribution in [-0.4, -0.2) is 25.8 Å². The van der Waals surface area contributed by atoms with Gasteiger partial charge in [-0.05, 0) is 38.0 Å². The number of hydrogen-bond acceptors (Lipinski definition) is 3. The van der Waals surface area contributed by atoms with Crippen LogP contribution in [0.1, 0.15) is 61.3 Å². The Morgan fingerprint density at radius 1 is 1.11 bits per heavy atom. The standard InChI is InChI=1S/C16H32O3/c1-8-15(6,7)16(11-13(4)5,12-18-9-2)14(17)19-10-3/h13H,8-12H2,1-7H3. The van der Waals surface area contributed by atoms with E-state index in [1.807, 2.05) is 13.8 Å². The van der Waals surface area contributed by atoms with Gasteiger partial charge in [0.1, 0.15) is 0 Å². The van der Waals surface area contributed by atoms with Gasteiger partial charge in [-0.3, -0.25) is 4.79 Å². The van der Waals surface area contributed by atoms with E-state index in [1.54, 1.807) is 0 Å². The summed E-state index contributed by atoms with van der Waals surface area (Å²) in [6, 6.07) is 0. The summed E-state index contributed by atoms with van der Waals surface area (Å²) < 4.78 is 11.0. The van der Waals surface area contributed by atoms with Crippen molar-refractivity contribution in [2.75, 3.05) is 19.8 Å². The third-order valence-corrected chi connectivity index (χ3v) is 4.15. The summed E-state index contributed by atoms with van der Waals surface area (Å²) in [7, 11) is 0. The average Bonchev–Trinajstić information content (AvgIpc) is 2.33. The average molecular weight is 272 g/mol. The van der Waals surface area contributed by atoms with Crippen LogP contribution in [0.5, 0.6) is 0 Å². The Balaban J connectivity index is 5.49. The zero-order chi connectivity index (χ0) is 15.1. The maximum Gasteiger partial charge on any atom is 0.314 e. The molecule has 1 atom stereocenters. The van der Waals surface area contributed by atoms with Gasteiger partial charge >= 0.3 is 5.97 Å². The van der Waals surface area contributed by atoms with E-state index in [9.17, 15) is 4.79 Å². The van der Waals surface area contributed by atoms with Crippen LogP contribution in [0.4, 0.5) is 0 Å². The molecule has 0 saturated heterocycles. The quantitative estimate of drug-likeness (QED) is 0.594. The summed E-state index contributed by atoms with van der Waals surface area (Å²) in [6.45, 7) is 16.0. The van der Waals surface area contributed by atoms with Crippen LogP contribution in [0.3, 0.4) is 0 Å². The summed E-state index contributed by atoms with van der Waals surface area (Å²) in [5.74, 6) is 0.319. The summed E-state index contributed by atoms with van der Waals surface area (Å²) in [6.07, 6.45) is 1.72. The molecule has 0 aromatic rings. The zero-order valence-corrected chi connectivity index (χ0v) is 13.8. The lowest BCUT2D eigenvalue weighted by atomic mass is 9.61. The van der Waals surface area contributed by atoms with E-state index in [0.717, 1.165) is 12.8 Å². The molecule has 0 spiro atoms. The third kappa shape index (κ3) is 4.48. The summed E-state index contributed by atoms with van der Waals surface area (Å²) >= 11 is 0. The highest BCUT2D eigenvalue weighted by Gasteiger charge is 2.51. The fraction of sp³-hybridized carbons (Fsp3) is 0.938. The second kappa shape index (κ2) is 7.88. The second-order valence-corrected chi connectivity index (χ2v) is 6.28. The summed E-state index contributed by atoms with van der Waals surface area (Å²) in [5, 5.41) is 0.